The molecule has 1 aromatic rings. The van der Waals surface area contributed by atoms with Gasteiger partial charge in [-0.3, -0.25) is 38.6 Å². The molecule has 2 aliphatic heterocycles. The molecule has 12 heteroatoms. The Balaban J connectivity index is 1.53. The van der Waals surface area contributed by atoms with Crippen molar-refractivity contribution in [2.45, 2.75) is 51.4 Å². The minimum Gasteiger partial charge on any atom is -0.504 e. The predicted molar refractivity (Wildman–Crippen MR) is 144 cm³/mol. The summed E-state index contributed by atoms with van der Waals surface area (Å²) >= 11 is 0. The lowest BCUT2D eigenvalue weighted by Crippen LogP contribution is -2.43. The van der Waals surface area contributed by atoms with Gasteiger partial charge >= 0.3 is 11.9 Å². The largest absolute Gasteiger partial charge is 0.504 e. The summed E-state index contributed by atoms with van der Waals surface area (Å²) in [6.45, 7) is 2.01. The molecule has 0 spiro atoms. The van der Waals surface area contributed by atoms with Crippen molar-refractivity contribution in [3.05, 3.63) is 35.4 Å². The third-order valence-electron chi connectivity index (χ3n) is 9.02. The molecule has 4 amide bonds. The number of imide groups is 2. The van der Waals surface area contributed by atoms with Crippen LogP contribution in [0.25, 0.3) is 0 Å². The molecule has 3 N–H and O–H groups in total. The van der Waals surface area contributed by atoms with Crippen LogP contribution in [0, 0.1) is 29.6 Å². The maximum Gasteiger partial charge on any atom is 0.303 e. The zero-order chi connectivity index (χ0) is 30.3. The third kappa shape index (κ3) is 5.03. The number of hydrogen-bond acceptors (Lipinski definition) is 8. The van der Waals surface area contributed by atoms with E-state index in [9.17, 15) is 33.9 Å². The highest BCUT2D eigenvalue weighted by Gasteiger charge is 2.61. The van der Waals surface area contributed by atoms with Crippen molar-refractivity contribution in [2.75, 3.05) is 19.7 Å². The van der Waals surface area contributed by atoms with Crippen molar-refractivity contribution < 1.29 is 48.8 Å². The first kappa shape index (κ1) is 29.3. The lowest BCUT2D eigenvalue weighted by molar-refractivity contribution is -0.143. The van der Waals surface area contributed by atoms with E-state index in [-0.39, 0.29) is 81.5 Å². The van der Waals surface area contributed by atoms with E-state index in [4.69, 9.17) is 14.9 Å². The van der Waals surface area contributed by atoms with E-state index < -0.39 is 59.3 Å². The average Bonchev–Trinajstić information content (AvgIpc) is 3.33. The van der Waals surface area contributed by atoms with Gasteiger partial charge in [-0.05, 0) is 56.2 Å². The average molecular weight is 583 g/mol. The topological polar surface area (TPSA) is 179 Å². The lowest BCUT2D eigenvalue weighted by atomic mass is 9.57. The number of carboxylic acids is 2. The number of benzene rings is 1. The summed E-state index contributed by atoms with van der Waals surface area (Å²) in [5.74, 6) is -7.55. The number of aromatic hydroxyl groups is 1. The highest BCUT2D eigenvalue weighted by molar-refractivity contribution is 6.08. The van der Waals surface area contributed by atoms with Crippen molar-refractivity contribution in [3.63, 3.8) is 0 Å². The summed E-state index contributed by atoms with van der Waals surface area (Å²) < 4.78 is 5.59. The molecule has 2 heterocycles. The predicted octanol–water partition coefficient (Wildman–Crippen LogP) is 2.16. The molecule has 0 aromatic heterocycles. The third-order valence-corrected chi connectivity index (χ3v) is 9.02. The van der Waals surface area contributed by atoms with Gasteiger partial charge in [-0.1, -0.05) is 17.7 Å². The second-order valence-electron chi connectivity index (χ2n) is 11.3. The standard InChI is InChI=1S/C30H34N2O10/c1-2-42-21-13-15(7-10-20(21)33)24-16-8-9-17-25(29(40)31(27(17)38)11-3-5-22(34)35)18(16)14-19-26(24)30(41)32(28(19)39)12-4-6-23(36)37/h7-8,10,13,17-19,24-26,33H,2-6,9,11-12,14H2,1H3,(H,34,35)(H,36,37). The van der Waals surface area contributed by atoms with Gasteiger partial charge in [-0.2, -0.15) is 0 Å². The number of amides is 4. The van der Waals surface area contributed by atoms with Gasteiger partial charge in [-0.25, -0.2) is 0 Å². The first-order valence-corrected chi connectivity index (χ1v) is 14.3. The first-order chi connectivity index (χ1) is 20.0. The van der Waals surface area contributed by atoms with Gasteiger partial charge in [0, 0.05) is 31.8 Å². The lowest BCUT2D eigenvalue weighted by Gasteiger charge is -2.44. The van der Waals surface area contributed by atoms with Crippen LogP contribution in [-0.2, 0) is 28.8 Å². The molecule has 12 nitrogen and oxygen atoms in total. The molecule has 1 saturated carbocycles. The van der Waals surface area contributed by atoms with E-state index >= 15 is 0 Å². The van der Waals surface area contributed by atoms with Crippen molar-refractivity contribution >= 4 is 35.6 Å². The van der Waals surface area contributed by atoms with Crippen molar-refractivity contribution in [1.29, 1.82) is 0 Å². The minimum atomic E-state index is -1.03. The molecule has 4 aliphatic rings. The fourth-order valence-corrected chi connectivity index (χ4v) is 7.31. The summed E-state index contributed by atoms with van der Waals surface area (Å²) in [6, 6.07) is 4.77. The molecule has 224 valence electrons. The number of carboxylic acid groups (broad SMARTS) is 2. The zero-order valence-electron chi connectivity index (χ0n) is 23.2. The maximum atomic E-state index is 13.8. The van der Waals surface area contributed by atoms with Gasteiger partial charge in [0.15, 0.2) is 11.5 Å². The first-order valence-electron chi connectivity index (χ1n) is 14.3. The SMILES string of the molecule is CCOc1cc(C2C3=CCC4C(=O)N(CCCC(=O)O)C(=O)C4C3CC3C(=O)N(CCCC(=O)O)C(=O)C32)ccc1O. The van der Waals surface area contributed by atoms with E-state index in [1.807, 2.05) is 6.08 Å². The van der Waals surface area contributed by atoms with Gasteiger partial charge in [0.1, 0.15) is 0 Å². The van der Waals surface area contributed by atoms with Gasteiger partial charge < -0.3 is 20.1 Å². The highest BCUT2D eigenvalue weighted by atomic mass is 16.5. The van der Waals surface area contributed by atoms with Gasteiger partial charge in [0.2, 0.25) is 23.6 Å². The van der Waals surface area contributed by atoms with Crippen LogP contribution in [0.4, 0.5) is 0 Å². The van der Waals surface area contributed by atoms with Crippen LogP contribution in [-0.4, -0.2) is 80.4 Å². The van der Waals surface area contributed by atoms with Crippen LogP contribution in [0.15, 0.2) is 29.8 Å². The van der Waals surface area contributed by atoms with E-state index in [2.05, 4.69) is 0 Å². The number of phenols is 1. The Morgan fingerprint density at radius 3 is 2.05 bits per heavy atom. The summed E-state index contributed by atoms with van der Waals surface area (Å²) in [6.07, 6.45) is 2.23. The fraction of sp³-hybridized carbons (Fsp3) is 0.533. The van der Waals surface area contributed by atoms with Crippen LogP contribution in [0.3, 0.4) is 0 Å². The van der Waals surface area contributed by atoms with E-state index in [0.717, 1.165) is 15.4 Å². The second-order valence-corrected chi connectivity index (χ2v) is 11.3. The van der Waals surface area contributed by atoms with Crippen LogP contribution >= 0.6 is 0 Å². The summed E-state index contributed by atoms with van der Waals surface area (Å²) in [5.41, 5.74) is 1.41. The summed E-state index contributed by atoms with van der Waals surface area (Å²) in [7, 11) is 0. The summed E-state index contributed by atoms with van der Waals surface area (Å²) in [4.78, 5) is 78.8. The molecule has 0 bridgehead atoms. The molecule has 2 aliphatic carbocycles. The van der Waals surface area contributed by atoms with Crippen molar-refractivity contribution in [1.82, 2.24) is 9.80 Å². The number of allylic oxidation sites excluding steroid dienone is 2. The maximum absolute atomic E-state index is 13.8. The number of nitrogens with zero attached hydrogens (tertiary/aromatic N) is 2. The number of carbonyl (C=O) groups is 6. The molecule has 3 fully saturated rings. The molecule has 6 unspecified atom stereocenters. The number of likely N-dealkylation sites (tertiary alicyclic amines) is 2. The second kappa shape index (κ2) is 11.6. The van der Waals surface area contributed by atoms with Crippen LogP contribution in [0.5, 0.6) is 11.5 Å². The number of phenolic OH excluding ortho intramolecular Hbond substituents is 1. The Morgan fingerprint density at radius 1 is 0.857 bits per heavy atom. The van der Waals surface area contributed by atoms with Crippen molar-refractivity contribution in [2.24, 2.45) is 29.6 Å². The minimum absolute atomic E-state index is 0.00104. The van der Waals surface area contributed by atoms with Crippen LogP contribution in [0.2, 0.25) is 0 Å². The van der Waals surface area contributed by atoms with Crippen molar-refractivity contribution in [3.8, 4) is 11.5 Å². The Hall–Kier alpha value is -4.22. The molecule has 0 radical (unpaired) electrons. The zero-order valence-corrected chi connectivity index (χ0v) is 23.2. The number of aliphatic carboxylic acids is 2. The monoisotopic (exact) mass is 582 g/mol. The summed E-state index contributed by atoms with van der Waals surface area (Å²) in [5, 5.41) is 28.4. The molecule has 1 aromatic carbocycles. The molecule has 42 heavy (non-hydrogen) atoms. The van der Waals surface area contributed by atoms with E-state index in [1.165, 1.54) is 6.07 Å². The molecule has 5 rings (SSSR count). The number of fused-ring (bicyclic) bond motifs is 4. The fourth-order valence-electron chi connectivity index (χ4n) is 7.31. The number of rotatable bonds is 11. The molecule has 2 saturated heterocycles. The normalized spacial score (nSPS) is 28.4. The molecular weight excluding hydrogens is 548 g/mol. The van der Waals surface area contributed by atoms with Gasteiger partial charge in [0.25, 0.3) is 0 Å². The van der Waals surface area contributed by atoms with Crippen LogP contribution in [0.1, 0.15) is 56.9 Å². The highest BCUT2D eigenvalue weighted by Crippen LogP contribution is 2.58. The Kier molecular flexibility index (Phi) is 8.07. The number of hydrogen-bond donors (Lipinski definition) is 3. The Labute approximate surface area is 241 Å². The quantitative estimate of drug-likeness (QED) is 0.259. The Morgan fingerprint density at radius 2 is 1.45 bits per heavy atom. The van der Waals surface area contributed by atoms with E-state index in [0.29, 0.717) is 5.56 Å². The number of carbonyl (C=O) groups excluding carboxylic acids is 4. The molecule has 6 atom stereocenters. The number of ether oxygens (including phenoxy) is 1. The molecular formula is C30H34N2O10. The smallest absolute Gasteiger partial charge is 0.303 e. The van der Waals surface area contributed by atoms with Gasteiger partial charge in [0.05, 0.1) is 30.3 Å². The van der Waals surface area contributed by atoms with E-state index in [1.54, 1.807) is 19.1 Å². The van der Waals surface area contributed by atoms with Gasteiger partial charge in [-0.15, -0.1) is 0 Å². The Bertz CT molecular complexity index is 1370. The van der Waals surface area contributed by atoms with Crippen LogP contribution < -0.4 is 4.74 Å².